The van der Waals surface area contributed by atoms with Crippen LogP contribution in [0.3, 0.4) is 0 Å². The van der Waals surface area contributed by atoms with Gasteiger partial charge in [-0.25, -0.2) is 0 Å². The van der Waals surface area contributed by atoms with Crippen LogP contribution in [0.25, 0.3) is 11.7 Å². The van der Waals surface area contributed by atoms with Gasteiger partial charge in [0.25, 0.3) is 5.89 Å². The summed E-state index contributed by atoms with van der Waals surface area (Å²) < 4.78 is 15.8. The highest BCUT2D eigenvalue weighted by molar-refractivity contribution is 5.94. The Labute approximate surface area is 120 Å². The molecule has 0 bridgehead atoms. The third-order valence-electron chi connectivity index (χ3n) is 2.83. The second kappa shape index (κ2) is 5.62. The summed E-state index contributed by atoms with van der Waals surface area (Å²) in [5, 5.41) is 3.81. The van der Waals surface area contributed by atoms with Crippen LogP contribution in [0.1, 0.15) is 23.1 Å². The predicted octanol–water partition coefficient (Wildman–Crippen LogP) is 3.11. The van der Waals surface area contributed by atoms with Crippen molar-refractivity contribution in [3.63, 3.8) is 0 Å². The van der Waals surface area contributed by atoms with E-state index in [0.717, 1.165) is 0 Å². The molecular formula is C15H12N2O4. The van der Waals surface area contributed by atoms with Crippen LogP contribution in [0.5, 0.6) is 5.75 Å². The molecule has 0 atom stereocenters. The molecule has 0 saturated carbocycles. The van der Waals surface area contributed by atoms with Crippen molar-refractivity contribution in [1.82, 2.24) is 10.1 Å². The lowest BCUT2D eigenvalue weighted by Crippen LogP contribution is -1.98. The van der Waals surface area contributed by atoms with Crippen LogP contribution < -0.4 is 4.74 Å². The first-order valence-electron chi connectivity index (χ1n) is 6.32. The number of ketones is 1. The van der Waals surface area contributed by atoms with Gasteiger partial charge in [-0.3, -0.25) is 4.79 Å². The van der Waals surface area contributed by atoms with E-state index in [2.05, 4.69) is 10.1 Å². The maximum absolute atomic E-state index is 11.2. The molecule has 3 aromatic rings. The van der Waals surface area contributed by atoms with Gasteiger partial charge in [0.15, 0.2) is 18.2 Å². The highest BCUT2D eigenvalue weighted by atomic mass is 16.5. The summed E-state index contributed by atoms with van der Waals surface area (Å²) in [6.45, 7) is 1.69. The van der Waals surface area contributed by atoms with Gasteiger partial charge in [-0.2, -0.15) is 4.98 Å². The second-order valence-electron chi connectivity index (χ2n) is 4.36. The fourth-order valence-corrected chi connectivity index (χ4v) is 1.75. The van der Waals surface area contributed by atoms with Gasteiger partial charge in [0.1, 0.15) is 5.75 Å². The zero-order valence-corrected chi connectivity index (χ0v) is 11.3. The number of hydrogen-bond donors (Lipinski definition) is 0. The minimum Gasteiger partial charge on any atom is -0.485 e. The van der Waals surface area contributed by atoms with Crippen molar-refractivity contribution < 1.29 is 18.5 Å². The van der Waals surface area contributed by atoms with E-state index in [1.54, 1.807) is 36.4 Å². The van der Waals surface area contributed by atoms with Gasteiger partial charge in [0.05, 0.1) is 6.26 Å². The molecule has 21 heavy (non-hydrogen) atoms. The van der Waals surface area contributed by atoms with Crippen molar-refractivity contribution in [2.75, 3.05) is 0 Å². The topological polar surface area (TPSA) is 78.4 Å². The number of aromatic nitrogens is 2. The summed E-state index contributed by atoms with van der Waals surface area (Å²) in [6.07, 6.45) is 1.53. The van der Waals surface area contributed by atoms with E-state index in [0.29, 0.717) is 28.8 Å². The quantitative estimate of drug-likeness (QED) is 0.670. The van der Waals surface area contributed by atoms with Crippen molar-refractivity contribution >= 4 is 5.78 Å². The molecule has 0 aliphatic rings. The molecule has 0 fully saturated rings. The van der Waals surface area contributed by atoms with Gasteiger partial charge in [0.2, 0.25) is 5.82 Å². The first-order valence-corrected chi connectivity index (χ1v) is 6.32. The molecular weight excluding hydrogens is 272 g/mol. The average Bonchev–Trinajstić information content (AvgIpc) is 3.16. The summed E-state index contributed by atoms with van der Waals surface area (Å²) in [4.78, 5) is 15.3. The van der Waals surface area contributed by atoms with Crippen LogP contribution in [-0.2, 0) is 6.61 Å². The molecule has 1 aromatic carbocycles. The fraction of sp³-hybridized carbons (Fsp3) is 0.133. The number of nitrogens with zero attached hydrogens (tertiary/aromatic N) is 2. The standard InChI is InChI=1S/C15H12N2O4/c1-10(18)11-4-6-12(7-5-11)20-9-14-16-15(21-17-14)13-3-2-8-19-13/h2-8H,9H2,1H3. The number of furan rings is 1. The molecule has 2 aromatic heterocycles. The third-order valence-corrected chi connectivity index (χ3v) is 2.83. The second-order valence-corrected chi connectivity index (χ2v) is 4.36. The number of carbonyl (C=O) groups is 1. The molecule has 2 heterocycles. The van der Waals surface area contributed by atoms with Crippen LogP contribution >= 0.6 is 0 Å². The van der Waals surface area contributed by atoms with Crippen molar-refractivity contribution in [2.45, 2.75) is 13.5 Å². The van der Waals surface area contributed by atoms with Crippen LogP contribution in [-0.4, -0.2) is 15.9 Å². The highest BCUT2D eigenvalue weighted by Crippen LogP contribution is 2.18. The summed E-state index contributed by atoms with van der Waals surface area (Å²) >= 11 is 0. The van der Waals surface area contributed by atoms with Gasteiger partial charge in [-0.05, 0) is 43.3 Å². The van der Waals surface area contributed by atoms with Crippen LogP contribution in [0.2, 0.25) is 0 Å². The Morgan fingerprint density at radius 2 is 2.05 bits per heavy atom. The van der Waals surface area contributed by atoms with E-state index < -0.39 is 0 Å². The number of Topliss-reactive ketones (excluding diaryl/α,β-unsaturated/α-hetero) is 1. The van der Waals surface area contributed by atoms with Crippen molar-refractivity contribution in [3.8, 4) is 17.4 Å². The van der Waals surface area contributed by atoms with Crippen LogP contribution in [0.4, 0.5) is 0 Å². The van der Waals surface area contributed by atoms with Gasteiger partial charge >= 0.3 is 0 Å². The predicted molar refractivity (Wildman–Crippen MR) is 72.8 cm³/mol. The Balaban J connectivity index is 1.64. The van der Waals surface area contributed by atoms with Crippen molar-refractivity contribution in [2.24, 2.45) is 0 Å². The summed E-state index contributed by atoms with van der Waals surface area (Å²) in [6, 6.07) is 10.4. The van der Waals surface area contributed by atoms with E-state index in [-0.39, 0.29) is 12.4 Å². The van der Waals surface area contributed by atoms with E-state index >= 15 is 0 Å². The number of carbonyl (C=O) groups excluding carboxylic acids is 1. The monoisotopic (exact) mass is 284 g/mol. The largest absolute Gasteiger partial charge is 0.485 e. The SMILES string of the molecule is CC(=O)c1ccc(OCc2noc(-c3ccco3)n2)cc1. The molecule has 106 valence electrons. The van der Waals surface area contributed by atoms with Crippen molar-refractivity contribution in [3.05, 3.63) is 54.0 Å². The maximum atomic E-state index is 11.2. The third kappa shape index (κ3) is 3.00. The van der Waals surface area contributed by atoms with Gasteiger partial charge in [-0.15, -0.1) is 0 Å². The summed E-state index contributed by atoms with van der Waals surface area (Å²) in [5.74, 6) is 1.88. The maximum Gasteiger partial charge on any atom is 0.293 e. The van der Waals surface area contributed by atoms with E-state index in [1.807, 2.05) is 0 Å². The smallest absolute Gasteiger partial charge is 0.293 e. The molecule has 0 amide bonds. The molecule has 6 heteroatoms. The highest BCUT2D eigenvalue weighted by Gasteiger charge is 2.11. The van der Waals surface area contributed by atoms with E-state index in [1.165, 1.54) is 13.2 Å². The number of hydrogen-bond acceptors (Lipinski definition) is 6. The molecule has 0 radical (unpaired) electrons. The molecule has 0 saturated heterocycles. The van der Waals surface area contributed by atoms with Crippen molar-refractivity contribution in [1.29, 1.82) is 0 Å². The minimum absolute atomic E-state index is 0.0165. The molecule has 0 unspecified atom stereocenters. The lowest BCUT2D eigenvalue weighted by molar-refractivity contribution is 0.101. The zero-order chi connectivity index (χ0) is 14.7. The fourth-order valence-electron chi connectivity index (χ4n) is 1.75. The first-order chi connectivity index (χ1) is 10.2. The normalized spacial score (nSPS) is 10.5. The Kier molecular flexibility index (Phi) is 3.51. The number of benzene rings is 1. The summed E-state index contributed by atoms with van der Waals surface area (Å²) in [5.41, 5.74) is 0.641. The van der Waals surface area contributed by atoms with E-state index in [4.69, 9.17) is 13.7 Å². The Morgan fingerprint density at radius 3 is 2.71 bits per heavy atom. The molecule has 0 spiro atoms. The molecule has 6 nitrogen and oxygen atoms in total. The Bertz CT molecular complexity index is 729. The lowest BCUT2D eigenvalue weighted by atomic mass is 10.1. The molecule has 3 rings (SSSR count). The van der Waals surface area contributed by atoms with E-state index in [9.17, 15) is 4.79 Å². The first kappa shape index (κ1) is 13.1. The van der Waals surface area contributed by atoms with Gasteiger partial charge in [-0.1, -0.05) is 5.16 Å². The average molecular weight is 284 g/mol. The van der Waals surface area contributed by atoms with Gasteiger partial charge in [0, 0.05) is 5.56 Å². The summed E-state index contributed by atoms with van der Waals surface area (Å²) in [7, 11) is 0. The lowest BCUT2D eigenvalue weighted by Gasteiger charge is -2.03. The molecule has 0 N–H and O–H groups in total. The Hall–Kier alpha value is -2.89. The molecule has 0 aliphatic carbocycles. The Morgan fingerprint density at radius 1 is 1.24 bits per heavy atom. The minimum atomic E-state index is 0.0165. The van der Waals surface area contributed by atoms with Crippen LogP contribution in [0.15, 0.2) is 51.6 Å². The zero-order valence-electron chi connectivity index (χ0n) is 11.3. The number of rotatable bonds is 5. The van der Waals surface area contributed by atoms with Crippen LogP contribution in [0, 0.1) is 0 Å². The molecule has 0 aliphatic heterocycles. The van der Waals surface area contributed by atoms with Gasteiger partial charge < -0.3 is 13.7 Å². The number of ether oxygens (including phenoxy) is 1.